The molecule has 96 valence electrons. The predicted octanol–water partition coefficient (Wildman–Crippen LogP) is 2.08. The summed E-state index contributed by atoms with van der Waals surface area (Å²) in [6.07, 6.45) is 1.75. The molecule has 0 N–H and O–H groups in total. The molecule has 0 aliphatic carbocycles. The summed E-state index contributed by atoms with van der Waals surface area (Å²) in [7, 11) is 1.71. The topological polar surface area (TPSA) is 52.7 Å². The Hall–Kier alpha value is -2.14. The van der Waals surface area contributed by atoms with Crippen molar-refractivity contribution in [3.8, 4) is 5.69 Å². The highest BCUT2D eigenvalue weighted by Crippen LogP contribution is 2.20. The molecule has 3 rings (SSSR count). The summed E-state index contributed by atoms with van der Waals surface area (Å²) in [5.74, 6) is 0.795. The number of halogens is 1. The molecule has 3 aromatic rings. The summed E-state index contributed by atoms with van der Waals surface area (Å²) in [6, 6.07) is 6.81. The lowest BCUT2D eigenvalue weighted by atomic mass is 10.4. The Morgan fingerprint density at radius 1 is 1.16 bits per heavy atom. The maximum Gasteiger partial charge on any atom is 0.250 e. The Morgan fingerprint density at radius 2 is 1.95 bits per heavy atom. The first-order valence-electron chi connectivity index (χ1n) is 5.75. The zero-order chi connectivity index (χ0) is 13.6. The van der Waals surface area contributed by atoms with Crippen molar-refractivity contribution < 1.29 is 0 Å². The Morgan fingerprint density at radius 3 is 2.68 bits per heavy atom. The van der Waals surface area contributed by atoms with Crippen LogP contribution in [0.3, 0.4) is 0 Å². The van der Waals surface area contributed by atoms with Gasteiger partial charge in [-0.15, -0.1) is 0 Å². The predicted molar refractivity (Wildman–Crippen MR) is 73.9 cm³/mol. The lowest BCUT2D eigenvalue weighted by molar-refractivity contribution is 0.839. The van der Waals surface area contributed by atoms with Gasteiger partial charge in [0.2, 0.25) is 5.56 Å². The number of hydrogen-bond donors (Lipinski definition) is 0. The number of fused-ring (bicyclic) bond motifs is 1. The van der Waals surface area contributed by atoms with Crippen molar-refractivity contribution in [1.29, 1.82) is 0 Å². The van der Waals surface area contributed by atoms with Gasteiger partial charge < -0.3 is 4.57 Å². The third-order valence-corrected chi connectivity index (χ3v) is 3.18. The normalized spacial score (nSPS) is 11.1. The third-order valence-electron chi connectivity index (χ3n) is 2.97. The van der Waals surface area contributed by atoms with Crippen molar-refractivity contribution in [3.05, 3.63) is 51.8 Å². The lowest BCUT2D eigenvalue weighted by Crippen LogP contribution is -2.15. The summed E-state index contributed by atoms with van der Waals surface area (Å²) >= 11 is 5.94. The second kappa shape index (κ2) is 4.20. The fourth-order valence-corrected chi connectivity index (χ4v) is 2.21. The second-order valence-electron chi connectivity index (χ2n) is 4.31. The molecule has 5 nitrogen and oxygen atoms in total. The van der Waals surface area contributed by atoms with Crippen molar-refractivity contribution in [2.24, 2.45) is 7.05 Å². The van der Waals surface area contributed by atoms with Gasteiger partial charge in [0.15, 0.2) is 5.65 Å². The largest absolute Gasteiger partial charge is 0.316 e. The molecule has 0 fully saturated rings. The van der Waals surface area contributed by atoms with E-state index in [9.17, 15) is 4.79 Å². The van der Waals surface area contributed by atoms with Crippen LogP contribution >= 0.6 is 11.6 Å². The number of nitrogens with zero attached hydrogens (tertiary/aromatic N) is 4. The van der Waals surface area contributed by atoms with E-state index in [-0.39, 0.29) is 5.56 Å². The van der Waals surface area contributed by atoms with Crippen molar-refractivity contribution in [2.75, 3.05) is 0 Å². The maximum atomic E-state index is 11.4. The third kappa shape index (κ3) is 1.92. The minimum absolute atomic E-state index is 0.0585. The minimum Gasteiger partial charge on any atom is -0.316 e. The molecule has 0 unspecified atom stereocenters. The van der Waals surface area contributed by atoms with E-state index in [1.807, 2.05) is 17.6 Å². The zero-order valence-corrected chi connectivity index (χ0v) is 11.2. The average Bonchev–Trinajstić information content (AvgIpc) is 2.68. The van der Waals surface area contributed by atoms with E-state index in [1.54, 1.807) is 25.4 Å². The molecule has 3 aromatic heterocycles. The number of pyridine rings is 2. The van der Waals surface area contributed by atoms with E-state index < -0.39 is 0 Å². The van der Waals surface area contributed by atoms with Crippen LogP contribution in [0, 0.1) is 6.92 Å². The highest BCUT2D eigenvalue weighted by molar-refractivity contribution is 6.29. The zero-order valence-electron chi connectivity index (χ0n) is 10.5. The lowest BCUT2D eigenvalue weighted by Gasteiger charge is -2.07. The van der Waals surface area contributed by atoms with Gasteiger partial charge in [-0.3, -0.25) is 9.36 Å². The Bertz CT molecular complexity index is 834. The summed E-state index contributed by atoms with van der Waals surface area (Å²) in [5, 5.41) is 0.415. The van der Waals surface area contributed by atoms with Gasteiger partial charge in [-0.05, 0) is 25.1 Å². The quantitative estimate of drug-likeness (QED) is 0.639. The van der Waals surface area contributed by atoms with Crippen molar-refractivity contribution in [1.82, 2.24) is 19.1 Å². The highest BCUT2D eigenvalue weighted by Gasteiger charge is 2.11. The highest BCUT2D eigenvalue weighted by atomic mass is 35.5. The van der Waals surface area contributed by atoms with E-state index in [4.69, 9.17) is 11.6 Å². The first-order chi connectivity index (χ1) is 9.06. The molecule has 0 spiro atoms. The van der Waals surface area contributed by atoms with Crippen molar-refractivity contribution in [3.63, 3.8) is 0 Å². The number of imidazole rings is 1. The van der Waals surface area contributed by atoms with Gasteiger partial charge in [0.1, 0.15) is 16.5 Å². The van der Waals surface area contributed by atoms with Gasteiger partial charge >= 0.3 is 0 Å². The monoisotopic (exact) mass is 274 g/mol. The van der Waals surface area contributed by atoms with Crippen LogP contribution in [0.1, 0.15) is 5.82 Å². The molecule has 0 aliphatic heterocycles. The van der Waals surface area contributed by atoms with Crippen molar-refractivity contribution in [2.45, 2.75) is 6.92 Å². The van der Waals surface area contributed by atoms with E-state index in [0.717, 1.165) is 17.0 Å². The molecule has 0 amide bonds. The SMILES string of the molecule is Cc1nc2ccc(Cl)nc2n1-c1ccc(=O)n(C)c1. The molecule has 0 aromatic carbocycles. The molecular formula is C13H11ClN4O. The van der Waals surface area contributed by atoms with Crippen LogP contribution in [-0.4, -0.2) is 19.1 Å². The summed E-state index contributed by atoms with van der Waals surface area (Å²) in [4.78, 5) is 20.2. The standard InChI is InChI=1S/C13H11ClN4O/c1-8-15-10-4-5-11(14)16-13(10)18(8)9-3-6-12(19)17(2)7-9/h3-7H,1-2H3. The maximum absolute atomic E-state index is 11.4. The molecule has 0 radical (unpaired) electrons. The minimum atomic E-state index is -0.0585. The molecule has 0 aliphatic rings. The fraction of sp³-hybridized carbons (Fsp3) is 0.154. The van der Waals surface area contributed by atoms with E-state index in [0.29, 0.717) is 10.8 Å². The van der Waals surface area contributed by atoms with Crippen LogP contribution in [-0.2, 0) is 7.05 Å². The first kappa shape index (κ1) is 11.9. The van der Waals surface area contributed by atoms with Crippen molar-refractivity contribution >= 4 is 22.8 Å². The number of aromatic nitrogens is 4. The van der Waals surface area contributed by atoms with Crippen LogP contribution < -0.4 is 5.56 Å². The summed E-state index contributed by atoms with van der Waals surface area (Å²) < 4.78 is 3.39. The van der Waals surface area contributed by atoms with Crippen LogP contribution in [0.4, 0.5) is 0 Å². The summed E-state index contributed by atoms with van der Waals surface area (Å²) in [5.41, 5.74) is 2.23. The fourth-order valence-electron chi connectivity index (χ4n) is 2.07. The molecule has 0 saturated carbocycles. The van der Waals surface area contributed by atoms with E-state index in [1.165, 1.54) is 10.6 Å². The molecular weight excluding hydrogens is 264 g/mol. The Kier molecular flexibility index (Phi) is 2.64. The van der Waals surface area contributed by atoms with Crippen LogP contribution in [0.25, 0.3) is 16.9 Å². The average molecular weight is 275 g/mol. The molecule has 0 saturated heterocycles. The van der Waals surface area contributed by atoms with E-state index in [2.05, 4.69) is 9.97 Å². The first-order valence-corrected chi connectivity index (χ1v) is 6.13. The molecule has 6 heteroatoms. The number of aryl methyl sites for hydroxylation is 2. The van der Waals surface area contributed by atoms with Gasteiger partial charge in [0.25, 0.3) is 0 Å². The van der Waals surface area contributed by atoms with Gasteiger partial charge in [0.05, 0.1) is 5.69 Å². The number of hydrogen-bond acceptors (Lipinski definition) is 3. The Labute approximate surface area is 114 Å². The van der Waals surface area contributed by atoms with Crippen LogP contribution in [0.2, 0.25) is 5.15 Å². The summed E-state index contributed by atoms with van der Waals surface area (Å²) in [6.45, 7) is 1.89. The van der Waals surface area contributed by atoms with Gasteiger partial charge in [-0.25, -0.2) is 9.97 Å². The molecule has 0 bridgehead atoms. The molecule has 0 atom stereocenters. The van der Waals surface area contributed by atoms with E-state index >= 15 is 0 Å². The van der Waals surface area contributed by atoms with Crippen LogP contribution in [0.5, 0.6) is 0 Å². The molecule has 3 heterocycles. The smallest absolute Gasteiger partial charge is 0.250 e. The van der Waals surface area contributed by atoms with Gasteiger partial charge in [-0.1, -0.05) is 11.6 Å². The van der Waals surface area contributed by atoms with Gasteiger partial charge in [-0.2, -0.15) is 0 Å². The van der Waals surface area contributed by atoms with Gasteiger partial charge in [0, 0.05) is 19.3 Å². The van der Waals surface area contributed by atoms with Crippen LogP contribution in [0.15, 0.2) is 35.3 Å². The Balaban J connectivity index is 2.34. The molecule has 19 heavy (non-hydrogen) atoms. The number of rotatable bonds is 1. The second-order valence-corrected chi connectivity index (χ2v) is 4.69.